The Morgan fingerprint density at radius 1 is 1.15 bits per heavy atom. The lowest BCUT2D eigenvalue weighted by molar-refractivity contribution is 0.0354. The van der Waals surface area contributed by atoms with Crippen molar-refractivity contribution in [2.24, 2.45) is 0 Å². The molecule has 0 radical (unpaired) electrons. The Labute approximate surface area is 194 Å². The molecule has 1 aliphatic carbocycles. The van der Waals surface area contributed by atoms with Gasteiger partial charge in [-0.3, -0.25) is 9.78 Å². The number of carbonyl (C=O) groups excluding carboxylic acids is 1. The van der Waals surface area contributed by atoms with Crippen molar-refractivity contribution >= 4 is 5.78 Å². The van der Waals surface area contributed by atoms with E-state index in [1.807, 2.05) is 50.2 Å². The highest BCUT2D eigenvalue weighted by molar-refractivity contribution is 5.98. The number of ketones is 1. The molecule has 2 heterocycles. The number of nitrogens with zero attached hydrogens (tertiary/aromatic N) is 4. The third kappa shape index (κ3) is 4.37. The monoisotopic (exact) mass is 440 g/mol. The highest BCUT2D eigenvalue weighted by Gasteiger charge is 2.42. The summed E-state index contributed by atoms with van der Waals surface area (Å²) in [6, 6.07) is 14.1. The number of pyridine rings is 1. The molecule has 33 heavy (non-hydrogen) atoms. The molecular weight excluding hydrogens is 412 g/mol. The smallest absolute Gasteiger partial charge is 0.170 e. The van der Waals surface area contributed by atoms with Crippen LogP contribution in [-0.2, 0) is 11.8 Å². The Morgan fingerprint density at radius 3 is 2.42 bits per heavy atom. The van der Waals surface area contributed by atoms with E-state index >= 15 is 0 Å². The van der Waals surface area contributed by atoms with Gasteiger partial charge >= 0.3 is 0 Å². The number of benzene rings is 1. The number of aliphatic hydroxyl groups is 1. The molecule has 0 atom stereocenters. The van der Waals surface area contributed by atoms with Gasteiger partial charge in [-0.05, 0) is 63.3 Å². The molecule has 0 saturated heterocycles. The van der Waals surface area contributed by atoms with E-state index in [2.05, 4.69) is 22.7 Å². The maximum atomic E-state index is 13.0. The maximum Gasteiger partial charge on any atom is 0.170 e. The normalized spacial score (nSPS) is 22.5. The summed E-state index contributed by atoms with van der Waals surface area (Å²) in [5.74, 6) is -0.0240. The van der Waals surface area contributed by atoms with Crippen molar-refractivity contribution in [1.82, 2.24) is 14.8 Å². The number of Topliss-reactive ketones (excluding diaryl/α,β-unsaturated/α-hetero) is 1. The van der Waals surface area contributed by atoms with Crippen LogP contribution >= 0.6 is 0 Å². The third-order valence-corrected chi connectivity index (χ3v) is 6.83. The van der Waals surface area contributed by atoms with E-state index in [9.17, 15) is 15.2 Å². The Morgan fingerprint density at radius 2 is 1.85 bits per heavy atom. The van der Waals surface area contributed by atoms with Gasteiger partial charge in [-0.1, -0.05) is 29.8 Å². The lowest BCUT2D eigenvalue weighted by atomic mass is 9.67. The van der Waals surface area contributed by atoms with Crippen LogP contribution in [0.3, 0.4) is 0 Å². The molecule has 0 bridgehead atoms. The number of hydrogen-bond donors (Lipinski definition) is 1. The van der Waals surface area contributed by atoms with E-state index in [1.54, 1.807) is 23.2 Å². The van der Waals surface area contributed by atoms with Gasteiger partial charge in [0.1, 0.15) is 0 Å². The van der Waals surface area contributed by atoms with Gasteiger partial charge in [0.05, 0.1) is 45.9 Å². The van der Waals surface area contributed by atoms with E-state index in [0.29, 0.717) is 36.9 Å². The van der Waals surface area contributed by atoms with Crippen LogP contribution in [-0.4, -0.2) is 31.3 Å². The highest BCUT2D eigenvalue weighted by Crippen LogP contribution is 2.42. The first kappa shape index (κ1) is 22.6. The third-order valence-electron chi connectivity index (χ3n) is 6.83. The van der Waals surface area contributed by atoms with E-state index in [1.165, 1.54) is 5.56 Å². The molecule has 0 spiro atoms. The summed E-state index contributed by atoms with van der Waals surface area (Å²) in [6.45, 7) is 7.63. The molecule has 1 saturated carbocycles. The average Bonchev–Trinajstić information content (AvgIpc) is 3.22. The van der Waals surface area contributed by atoms with Crippen molar-refractivity contribution in [3.63, 3.8) is 0 Å². The molecule has 1 fully saturated rings. The lowest BCUT2D eigenvalue weighted by Crippen LogP contribution is -2.39. The lowest BCUT2D eigenvalue weighted by Gasteiger charge is -2.38. The molecular formula is C27H28N4O2. The molecule has 168 valence electrons. The van der Waals surface area contributed by atoms with Gasteiger partial charge in [0, 0.05) is 12.6 Å². The second-order valence-corrected chi connectivity index (χ2v) is 9.04. The van der Waals surface area contributed by atoms with Gasteiger partial charge in [-0.2, -0.15) is 10.4 Å². The average molecular weight is 441 g/mol. The van der Waals surface area contributed by atoms with Gasteiger partial charge < -0.3 is 5.11 Å². The van der Waals surface area contributed by atoms with Gasteiger partial charge in [0.15, 0.2) is 5.78 Å². The van der Waals surface area contributed by atoms with Crippen LogP contribution < -0.4 is 0 Å². The predicted octanol–water partition coefficient (Wildman–Crippen LogP) is 4.56. The summed E-state index contributed by atoms with van der Waals surface area (Å²) in [4.78, 5) is 17.5. The fourth-order valence-electron chi connectivity index (χ4n) is 4.46. The summed E-state index contributed by atoms with van der Waals surface area (Å²) in [7, 11) is 0. The summed E-state index contributed by atoms with van der Waals surface area (Å²) in [5, 5.41) is 24.7. The van der Waals surface area contributed by atoms with Gasteiger partial charge in [-0.15, -0.1) is 6.58 Å². The second kappa shape index (κ2) is 8.76. The minimum Gasteiger partial charge on any atom is -0.386 e. The second-order valence-electron chi connectivity index (χ2n) is 9.04. The number of aromatic nitrogens is 3. The van der Waals surface area contributed by atoms with Crippen LogP contribution in [0.15, 0.2) is 61.4 Å². The molecule has 1 aromatic carbocycles. The van der Waals surface area contributed by atoms with Crippen LogP contribution in [0.1, 0.15) is 58.6 Å². The van der Waals surface area contributed by atoms with Crippen molar-refractivity contribution in [2.45, 2.75) is 57.0 Å². The van der Waals surface area contributed by atoms with Crippen molar-refractivity contribution in [2.75, 3.05) is 0 Å². The summed E-state index contributed by atoms with van der Waals surface area (Å²) < 4.78 is 1.78. The zero-order chi connectivity index (χ0) is 23.6. The van der Waals surface area contributed by atoms with Crippen molar-refractivity contribution < 1.29 is 9.90 Å². The van der Waals surface area contributed by atoms with E-state index < -0.39 is 11.0 Å². The minimum atomic E-state index is -0.909. The molecule has 6 heteroatoms. The van der Waals surface area contributed by atoms with Gasteiger partial charge in [0.25, 0.3) is 0 Å². The van der Waals surface area contributed by atoms with Crippen LogP contribution in [0.4, 0.5) is 0 Å². The predicted molar refractivity (Wildman–Crippen MR) is 126 cm³/mol. The van der Waals surface area contributed by atoms with Gasteiger partial charge in [-0.25, -0.2) is 4.68 Å². The zero-order valence-electron chi connectivity index (χ0n) is 19.1. The summed E-state index contributed by atoms with van der Waals surface area (Å²) in [5.41, 5.74) is 3.32. The van der Waals surface area contributed by atoms with E-state index in [4.69, 9.17) is 0 Å². The highest BCUT2D eigenvalue weighted by atomic mass is 16.3. The molecule has 1 N–H and O–H groups in total. The molecule has 0 unspecified atom stereocenters. The fourth-order valence-corrected chi connectivity index (χ4v) is 4.46. The fraction of sp³-hybridized carbons (Fsp3) is 0.333. The van der Waals surface area contributed by atoms with E-state index in [-0.39, 0.29) is 12.2 Å². The van der Waals surface area contributed by atoms with Crippen LogP contribution in [0.25, 0.3) is 5.69 Å². The Hall–Kier alpha value is -3.56. The van der Waals surface area contributed by atoms with Crippen molar-refractivity contribution in [3.05, 3.63) is 89.5 Å². The first-order valence-electron chi connectivity index (χ1n) is 11.2. The molecule has 0 amide bonds. The molecule has 0 aliphatic heterocycles. The van der Waals surface area contributed by atoms with Crippen LogP contribution in [0.2, 0.25) is 0 Å². The summed E-state index contributed by atoms with van der Waals surface area (Å²) >= 11 is 0. The first-order chi connectivity index (χ1) is 15.8. The number of nitriles is 1. The summed E-state index contributed by atoms with van der Waals surface area (Å²) in [6.07, 6.45) is 7.09. The first-order valence-corrected chi connectivity index (χ1v) is 11.2. The Bertz CT molecular complexity index is 1210. The molecule has 3 aromatic rings. The Balaban J connectivity index is 1.49. The van der Waals surface area contributed by atoms with Crippen LogP contribution in [0.5, 0.6) is 0 Å². The number of rotatable bonds is 6. The molecule has 4 rings (SSSR count). The van der Waals surface area contributed by atoms with Crippen molar-refractivity contribution in [3.8, 4) is 11.8 Å². The zero-order valence-corrected chi connectivity index (χ0v) is 19.1. The van der Waals surface area contributed by atoms with Crippen molar-refractivity contribution in [1.29, 1.82) is 5.26 Å². The molecule has 6 nitrogen and oxygen atoms in total. The number of hydrogen-bond acceptors (Lipinski definition) is 5. The standard InChI is InChI=1S/C27H28N4O2/c1-4-27(33)13-11-26(18-28,12-14-27)25-10-7-21(16-29-25)15-24(32)23-17-30-31(20(23)3)22-8-5-19(2)6-9-22/h4-10,16-17,33H,1,11-15H2,2-3H3. The number of carbonyl (C=O) groups is 1. The SMILES string of the molecule is C=CC1(O)CCC(C#N)(c2ccc(CC(=O)c3cnn(-c4ccc(C)cc4)c3C)cn2)CC1. The molecule has 2 aromatic heterocycles. The van der Waals surface area contributed by atoms with Gasteiger partial charge in [0.2, 0.25) is 0 Å². The quantitative estimate of drug-likeness (QED) is 0.448. The molecule has 1 aliphatic rings. The van der Waals surface area contributed by atoms with Crippen LogP contribution in [0, 0.1) is 25.2 Å². The van der Waals surface area contributed by atoms with E-state index in [0.717, 1.165) is 16.9 Å². The maximum absolute atomic E-state index is 13.0. The minimum absolute atomic E-state index is 0.0240. The number of aryl methyl sites for hydroxylation is 1. The largest absolute Gasteiger partial charge is 0.386 e. The topological polar surface area (TPSA) is 91.8 Å². The Kier molecular flexibility index (Phi) is 6.01.